The molecule has 4 nitrogen and oxygen atoms in total. The quantitative estimate of drug-likeness (QED) is 0.932. The van der Waals surface area contributed by atoms with E-state index in [1.54, 1.807) is 6.07 Å². The van der Waals surface area contributed by atoms with Crippen LogP contribution in [0.2, 0.25) is 0 Å². The summed E-state index contributed by atoms with van der Waals surface area (Å²) < 4.78 is 26.7. The molecule has 19 heavy (non-hydrogen) atoms. The second kappa shape index (κ2) is 5.16. The van der Waals surface area contributed by atoms with Gasteiger partial charge in [-0.15, -0.1) is 11.3 Å². The first-order valence-corrected chi connectivity index (χ1v) is 8.84. The maximum Gasteiger partial charge on any atom is 0.244 e. The van der Waals surface area contributed by atoms with E-state index in [0.717, 1.165) is 9.75 Å². The second-order valence-electron chi connectivity index (χ2n) is 5.30. The molecule has 1 unspecified atom stereocenters. The fourth-order valence-electron chi connectivity index (χ4n) is 2.57. The molecule has 2 heterocycles. The summed E-state index contributed by atoms with van der Waals surface area (Å²) in [6.07, 6.45) is 1.98. The molecular formula is C13H21NO3S2. The van der Waals surface area contributed by atoms with Crippen molar-refractivity contribution in [3.8, 4) is 0 Å². The van der Waals surface area contributed by atoms with Crippen LogP contribution in [-0.4, -0.2) is 36.5 Å². The van der Waals surface area contributed by atoms with Gasteiger partial charge in [0.15, 0.2) is 0 Å². The van der Waals surface area contributed by atoms with Crippen molar-refractivity contribution < 1.29 is 13.5 Å². The minimum Gasteiger partial charge on any atom is -0.389 e. The first kappa shape index (κ1) is 15.0. The van der Waals surface area contributed by atoms with Crippen molar-refractivity contribution in [1.29, 1.82) is 0 Å². The standard InChI is InChI=1S/C13H21NO3S2/c1-4-13(15)6-5-7-14(9-13)19(16,17)12-8-10(2)18-11(12)3/h8,15H,4-7,9H2,1-3H3. The van der Waals surface area contributed by atoms with Crippen molar-refractivity contribution in [3.63, 3.8) is 0 Å². The Morgan fingerprint density at radius 1 is 1.47 bits per heavy atom. The van der Waals surface area contributed by atoms with E-state index in [4.69, 9.17) is 0 Å². The first-order chi connectivity index (χ1) is 8.78. The largest absolute Gasteiger partial charge is 0.389 e. The molecule has 0 bridgehead atoms. The maximum atomic E-state index is 12.6. The van der Waals surface area contributed by atoms with Crippen molar-refractivity contribution in [2.75, 3.05) is 13.1 Å². The number of β-amino-alcohol motifs (C(OH)–C–C–N with tert-alkyl or cyclic N) is 1. The Morgan fingerprint density at radius 2 is 2.16 bits per heavy atom. The van der Waals surface area contributed by atoms with Crippen molar-refractivity contribution in [3.05, 3.63) is 15.8 Å². The SMILES string of the molecule is CCC1(O)CCCN(S(=O)(=O)c2cc(C)sc2C)C1. The topological polar surface area (TPSA) is 57.6 Å². The smallest absolute Gasteiger partial charge is 0.244 e. The Morgan fingerprint density at radius 3 is 2.68 bits per heavy atom. The zero-order valence-electron chi connectivity index (χ0n) is 11.6. The van der Waals surface area contributed by atoms with Crippen LogP contribution in [0.5, 0.6) is 0 Å². The summed E-state index contributed by atoms with van der Waals surface area (Å²) in [5, 5.41) is 10.3. The van der Waals surface area contributed by atoms with E-state index in [2.05, 4.69) is 0 Å². The number of hydrogen-bond acceptors (Lipinski definition) is 4. The fraction of sp³-hybridized carbons (Fsp3) is 0.692. The number of hydrogen-bond donors (Lipinski definition) is 1. The summed E-state index contributed by atoms with van der Waals surface area (Å²) in [5.41, 5.74) is -0.871. The Labute approximate surface area is 119 Å². The molecule has 1 N–H and O–H groups in total. The summed E-state index contributed by atoms with van der Waals surface area (Å²) in [5.74, 6) is 0. The molecule has 0 aromatic carbocycles. The van der Waals surface area contributed by atoms with Gasteiger partial charge in [-0.1, -0.05) is 6.92 Å². The minimum atomic E-state index is -3.47. The molecule has 108 valence electrons. The normalized spacial score (nSPS) is 25.7. The summed E-state index contributed by atoms with van der Waals surface area (Å²) in [6.45, 7) is 6.35. The molecule has 1 aromatic rings. The number of rotatable bonds is 3. The number of nitrogens with zero attached hydrogens (tertiary/aromatic N) is 1. The Balaban J connectivity index is 2.32. The van der Waals surface area contributed by atoms with Gasteiger partial charge < -0.3 is 5.11 Å². The van der Waals surface area contributed by atoms with Crippen molar-refractivity contribution in [2.45, 2.75) is 50.5 Å². The lowest BCUT2D eigenvalue weighted by molar-refractivity contribution is -0.0107. The molecule has 0 radical (unpaired) electrons. The summed E-state index contributed by atoms with van der Waals surface area (Å²) >= 11 is 1.50. The third-order valence-electron chi connectivity index (χ3n) is 3.79. The van der Waals surface area contributed by atoms with Gasteiger partial charge in [-0.2, -0.15) is 4.31 Å². The van der Waals surface area contributed by atoms with Gasteiger partial charge in [-0.05, 0) is 39.2 Å². The molecule has 6 heteroatoms. The average molecular weight is 303 g/mol. The van der Waals surface area contributed by atoms with Gasteiger partial charge in [-0.3, -0.25) is 0 Å². The third-order valence-corrected chi connectivity index (χ3v) is 6.86. The van der Waals surface area contributed by atoms with Crippen LogP contribution in [-0.2, 0) is 10.0 Å². The fourth-order valence-corrected chi connectivity index (χ4v) is 5.65. The van der Waals surface area contributed by atoms with Crippen LogP contribution in [0.25, 0.3) is 0 Å². The number of thiophene rings is 1. The second-order valence-corrected chi connectivity index (χ2v) is 8.66. The third kappa shape index (κ3) is 2.86. The number of aliphatic hydroxyl groups is 1. The summed E-state index contributed by atoms with van der Waals surface area (Å²) in [4.78, 5) is 2.22. The molecule has 1 aromatic heterocycles. The van der Waals surface area contributed by atoms with Crippen LogP contribution in [0.3, 0.4) is 0 Å². The molecule has 1 saturated heterocycles. The average Bonchev–Trinajstić information content (AvgIpc) is 2.69. The van der Waals surface area contributed by atoms with Gasteiger partial charge >= 0.3 is 0 Å². The zero-order chi connectivity index (χ0) is 14.3. The lowest BCUT2D eigenvalue weighted by Gasteiger charge is -2.37. The maximum absolute atomic E-state index is 12.6. The van der Waals surface area contributed by atoms with Crippen molar-refractivity contribution >= 4 is 21.4 Å². The van der Waals surface area contributed by atoms with E-state index in [9.17, 15) is 13.5 Å². The Bertz CT molecular complexity index is 564. The molecule has 0 saturated carbocycles. The lowest BCUT2D eigenvalue weighted by atomic mass is 9.92. The molecule has 1 aliphatic rings. The van der Waals surface area contributed by atoms with Crippen LogP contribution in [0.4, 0.5) is 0 Å². The minimum absolute atomic E-state index is 0.208. The monoisotopic (exact) mass is 303 g/mol. The summed E-state index contributed by atoms with van der Waals surface area (Å²) in [6, 6.07) is 1.73. The molecule has 2 rings (SSSR count). The highest BCUT2D eigenvalue weighted by molar-refractivity contribution is 7.89. The van der Waals surface area contributed by atoms with Crippen LogP contribution in [0.1, 0.15) is 35.9 Å². The molecule has 0 aliphatic carbocycles. The van der Waals surface area contributed by atoms with Crippen molar-refractivity contribution in [2.24, 2.45) is 0 Å². The highest BCUT2D eigenvalue weighted by Crippen LogP contribution is 2.32. The van der Waals surface area contributed by atoms with Crippen LogP contribution in [0.15, 0.2) is 11.0 Å². The van der Waals surface area contributed by atoms with Gasteiger partial charge in [0.2, 0.25) is 10.0 Å². The van der Waals surface area contributed by atoms with Gasteiger partial charge in [0.25, 0.3) is 0 Å². The van der Waals surface area contributed by atoms with Crippen molar-refractivity contribution in [1.82, 2.24) is 4.31 Å². The van der Waals surface area contributed by atoms with Gasteiger partial charge in [-0.25, -0.2) is 8.42 Å². The Hall–Kier alpha value is -0.430. The number of sulfonamides is 1. The van der Waals surface area contributed by atoms with Gasteiger partial charge in [0, 0.05) is 22.8 Å². The number of piperidine rings is 1. The van der Waals surface area contributed by atoms with E-state index in [-0.39, 0.29) is 6.54 Å². The van der Waals surface area contributed by atoms with E-state index < -0.39 is 15.6 Å². The van der Waals surface area contributed by atoms with Crippen LogP contribution < -0.4 is 0 Å². The molecular weight excluding hydrogens is 282 g/mol. The molecule has 0 amide bonds. The lowest BCUT2D eigenvalue weighted by Crippen LogP contribution is -2.49. The molecule has 1 atom stereocenters. The van der Waals surface area contributed by atoms with Gasteiger partial charge in [0.05, 0.1) is 10.5 Å². The predicted molar refractivity (Wildman–Crippen MR) is 77.0 cm³/mol. The highest BCUT2D eigenvalue weighted by atomic mass is 32.2. The van der Waals surface area contributed by atoms with E-state index >= 15 is 0 Å². The van der Waals surface area contributed by atoms with Crippen LogP contribution >= 0.6 is 11.3 Å². The van der Waals surface area contributed by atoms with Crippen LogP contribution in [0, 0.1) is 13.8 Å². The van der Waals surface area contributed by atoms with Gasteiger partial charge in [0.1, 0.15) is 0 Å². The Kier molecular flexibility index (Phi) is 4.07. The number of aryl methyl sites for hydroxylation is 2. The van der Waals surface area contributed by atoms with E-state index in [1.807, 2.05) is 20.8 Å². The van der Waals surface area contributed by atoms with E-state index in [1.165, 1.54) is 15.6 Å². The molecule has 0 spiro atoms. The predicted octanol–water partition coefficient (Wildman–Crippen LogP) is 2.29. The van der Waals surface area contributed by atoms with E-state index in [0.29, 0.717) is 30.7 Å². The molecule has 1 fully saturated rings. The summed E-state index contributed by atoms with van der Waals surface area (Å²) in [7, 11) is -3.47. The molecule has 1 aliphatic heterocycles. The zero-order valence-corrected chi connectivity index (χ0v) is 13.3. The highest BCUT2D eigenvalue weighted by Gasteiger charge is 2.38. The first-order valence-electron chi connectivity index (χ1n) is 6.58.